The molecule has 1 saturated carbocycles. The Morgan fingerprint density at radius 3 is 2.81 bits per heavy atom. The van der Waals surface area contributed by atoms with Gasteiger partial charge in [0.15, 0.2) is 22.3 Å². The molecule has 1 fully saturated rings. The van der Waals surface area contributed by atoms with Crippen LogP contribution in [0.1, 0.15) is 35.9 Å². The summed E-state index contributed by atoms with van der Waals surface area (Å²) < 4.78 is 15.1. The Hall–Kier alpha value is -2.54. The van der Waals surface area contributed by atoms with E-state index in [4.69, 9.17) is 11.6 Å². The first-order chi connectivity index (χ1) is 12.4. The number of pyridine rings is 1. The molecule has 1 amide bonds. The molecule has 0 bridgehead atoms. The van der Waals surface area contributed by atoms with E-state index in [1.165, 1.54) is 12.1 Å². The fourth-order valence-corrected chi connectivity index (χ4v) is 3.12. The maximum Gasteiger partial charge on any atom is 0.274 e. The number of hydrogen-bond acceptors (Lipinski definition) is 4. The fourth-order valence-electron chi connectivity index (χ4n) is 2.96. The minimum absolute atomic E-state index is 0.112. The van der Waals surface area contributed by atoms with Gasteiger partial charge < -0.3 is 5.32 Å². The molecule has 0 unspecified atom stereocenters. The smallest absolute Gasteiger partial charge is 0.274 e. The molecule has 1 N–H and O–H groups in total. The molecule has 3 aromatic heterocycles. The van der Waals surface area contributed by atoms with Gasteiger partial charge in [0, 0.05) is 11.7 Å². The van der Waals surface area contributed by atoms with Crippen molar-refractivity contribution in [1.82, 2.24) is 24.7 Å². The van der Waals surface area contributed by atoms with Crippen molar-refractivity contribution in [3.8, 4) is 11.4 Å². The number of carbonyl (C=O) groups is 1. The van der Waals surface area contributed by atoms with Crippen LogP contribution in [-0.4, -0.2) is 31.3 Å². The average molecular weight is 374 g/mol. The van der Waals surface area contributed by atoms with Gasteiger partial charge >= 0.3 is 0 Å². The normalized spacial score (nSPS) is 15.2. The highest BCUT2D eigenvalue weighted by Crippen LogP contribution is 2.32. The van der Waals surface area contributed by atoms with Gasteiger partial charge in [0.2, 0.25) is 0 Å². The Morgan fingerprint density at radius 1 is 1.35 bits per heavy atom. The third kappa shape index (κ3) is 3.03. The molecule has 6 nitrogen and oxygen atoms in total. The monoisotopic (exact) mass is 373 g/mol. The number of aryl methyl sites for hydroxylation is 1. The quantitative estimate of drug-likeness (QED) is 0.711. The summed E-state index contributed by atoms with van der Waals surface area (Å²) in [5.41, 5.74) is 2.45. The summed E-state index contributed by atoms with van der Waals surface area (Å²) in [5, 5.41) is 2.77. The molecular formula is C18H17ClFN5O. The van der Waals surface area contributed by atoms with Crippen molar-refractivity contribution < 1.29 is 9.18 Å². The highest BCUT2D eigenvalue weighted by molar-refractivity contribution is 6.29. The summed E-state index contributed by atoms with van der Waals surface area (Å²) in [7, 11) is 0. The van der Waals surface area contributed by atoms with E-state index in [2.05, 4.69) is 20.3 Å². The second-order valence-corrected chi connectivity index (χ2v) is 7.00. The Balaban J connectivity index is 1.74. The van der Waals surface area contributed by atoms with Gasteiger partial charge in [0.1, 0.15) is 6.33 Å². The number of amides is 1. The van der Waals surface area contributed by atoms with E-state index in [0.29, 0.717) is 23.0 Å². The van der Waals surface area contributed by atoms with Gasteiger partial charge in [-0.1, -0.05) is 11.6 Å². The first-order valence-corrected chi connectivity index (χ1v) is 8.80. The third-order valence-corrected chi connectivity index (χ3v) is 4.93. The Labute approximate surface area is 154 Å². The number of halogens is 2. The van der Waals surface area contributed by atoms with Crippen LogP contribution >= 0.6 is 11.6 Å². The van der Waals surface area contributed by atoms with Crippen molar-refractivity contribution in [2.24, 2.45) is 5.92 Å². The molecule has 0 spiro atoms. The first kappa shape index (κ1) is 16.9. The number of rotatable bonds is 4. The second kappa shape index (κ2) is 6.32. The van der Waals surface area contributed by atoms with Gasteiger partial charge in [-0.2, -0.15) is 0 Å². The number of fused-ring (bicyclic) bond motifs is 1. The van der Waals surface area contributed by atoms with Gasteiger partial charge in [-0.3, -0.25) is 9.20 Å². The maximum atomic E-state index is 13.4. The van der Waals surface area contributed by atoms with E-state index >= 15 is 0 Å². The maximum absolute atomic E-state index is 13.4. The summed E-state index contributed by atoms with van der Waals surface area (Å²) in [5.74, 6) is -0.295. The lowest BCUT2D eigenvalue weighted by atomic mass is 10.2. The number of carbonyl (C=O) groups excluding carboxylic acids is 1. The molecule has 0 aromatic carbocycles. The second-order valence-electron chi connectivity index (χ2n) is 6.64. The SMILES string of the molecule is Cc1cc(-c2ccc(F)c(Cl)n2)nc2c(C(=O)N[C@@H](C)C3CC3)ncn12. The standard InChI is InChI=1S/C18H17ClFN5O/c1-9-7-14(13-6-5-12(20)16(19)23-13)24-17-15(21-8-25(9)17)18(26)22-10(2)11-3-4-11/h5-8,10-11H,3-4H2,1-2H3,(H,22,26)/t10-/m0/s1. The summed E-state index contributed by atoms with van der Waals surface area (Å²) in [4.78, 5) is 25.4. The zero-order valence-corrected chi connectivity index (χ0v) is 15.1. The van der Waals surface area contributed by atoms with Gasteiger partial charge in [0.05, 0.1) is 11.4 Å². The summed E-state index contributed by atoms with van der Waals surface area (Å²) >= 11 is 5.78. The molecule has 8 heteroatoms. The number of aromatic nitrogens is 4. The summed E-state index contributed by atoms with van der Waals surface area (Å²) in [6.45, 7) is 3.88. The Kier molecular flexibility index (Phi) is 4.11. The molecular weight excluding hydrogens is 357 g/mol. The predicted molar refractivity (Wildman–Crippen MR) is 95.6 cm³/mol. The van der Waals surface area contributed by atoms with E-state index in [0.717, 1.165) is 18.5 Å². The average Bonchev–Trinajstić information content (AvgIpc) is 3.36. The van der Waals surface area contributed by atoms with Crippen molar-refractivity contribution in [3.05, 3.63) is 46.9 Å². The Morgan fingerprint density at radius 2 is 2.12 bits per heavy atom. The fraction of sp³-hybridized carbons (Fsp3) is 0.333. The van der Waals surface area contributed by atoms with Crippen LogP contribution in [0.25, 0.3) is 17.0 Å². The molecule has 1 aliphatic rings. The van der Waals surface area contributed by atoms with Crippen molar-refractivity contribution in [3.63, 3.8) is 0 Å². The van der Waals surface area contributed by atoms with Crippen LogP contribution in [0.5, 0.6) is 0 Å². The number of hydrogen-bond donors (Lipinski definition) is 1. The molecule has 0 saturated heterocycles. The lowest BCUT2D eigenvalue weighted by molar-refractivity contribution is 0.0933. The lowest BCUT2D eigenvalue weighted by Gasteiger charge is -2.11. The van der Waals surface area contributed by atoms with E-state index in [-0.39, 0.29) is 22.8 Å². The van der Waals surface area contributed by atoms with E-state index in [1.807, 2.05) is 13.8 Å². The van der Waals surface area contributed by atoms with Crippen LogP contribution in [0, 0.1) is 18.7 Å². The van der Waals surface area contributed by atoms with Gasteiger partial charge in [-0.25, -0.2) is 19.3 Å². The van der Waals surface area contributed by atoms with E-state index in [1.54, 1.807) is 16.8 Å². The molecule has 3 heterocycles. The molecule has 1 atom stereocenters. The van der Waals surface area contributed by atoms with Gasteiger partial charge in [-0.05, 0) is 50.8 Å². The molecule has 3 aromatic rings. The highest BCUT2D eigenvalue weighted by atomic mass is 35.5. The molecule has 1 aliphatic carbocycles. The molecule has 0 radical (unpaired) electrons. The minimum atomic E-state index is -0.591. The molecule has 26 heavy (non-hydrogen) atoms. The van der Waals surface area contributed by atoms with Crippen molar-refractivity contribution in [2.75, 3.05) is 0 Å². The third-order valence-electron chi connectivity index (χ3n) is 4.66. The van der Waals surface area contributed by atoms with E-state index in [9.17, 15) is 9.18 Å². The van der Waals surface area contributed by atoms with Gasteiger partial charge in [0.25, 0.3) is 5.91 Å². The topological polar surface area (TPSA) is 72.2 Å². The van der Waals surface area contributed by atoms with Gasteiger partial charge in [-0.15, -0.1) is 0 Å². The van der Waals surface area contributed by atoms with Crippen LogP contribution in [0.4, 0.5) is 4.39 Å². The van der Waals surface area contributed by atoms with Crippen molar-refractivity contribution in [1.29, 1.82) is 0 Å². The van der Waals surface area contributed by atoms with Crippen LogP contribution in [0.3, 0.4) is 0 Å². The largest absolute Gasteiger partial charge is 0.348 e. The predicted octanol–water partition coefficient (Wildman–Crippen LogP) is 3.42. The summed E-state index contributed by atoms with van der Waals surface area (Å²) in [6.07, 6.45) is 3.86. The molecule has 0 aliphatic heterocycles. The van der Waals surface area contributed by atoms with Crippen LogP contribution in [0.15, 0.2) is 24.5 Å². The number of nitrogens with zero attached hydrogens (tertiary/aromatic N) is 4. The summed E-state index contributed by atoms with van der Waals surface area (Å²) in [6, 6.07) is 4.65. The molecule has 134 valence electrons. The zero-order valence-electron chi connectivity index (χ0n) is 14.3. The zero-order chi connectivity index (χ0) is 18.4. The lowest BCUT2D eigenvalue weighted by Crippen LogP contribution is -2.34. The number of nitrogens with one attached hydrogen (secondary N) is 1. The van der Waals surface area contributed by atoms with Crippen LogP contribution in [-0.2, 0) is 0 Å². The first-order valence-electron chi connectivity index (χ1n) is 8.42. The van der Waals surface area contributed by atoms with Crippen molar-refractivity contribution >= 4 is 23.2 Å². The molecule has 4 rings (SSSR count). The minimum Gasteiger partial charge on any atom is -0.348 e. The van der Waals surface area contributed by atoms with Crippen LogP contribution in [0.2, 0.25) is 5.15 Å². The van der Waals surface area contributed by atoms with Crippen LogP contribution < -0.4 is 5.32 Å². The Bertz CT molecular complexity index is 1010. The van der Waals surface area contributed by atoms with E-state index < -0.39 is 5.82 Å². The number of imidazole rings is 1. The van der Waals surface area contributed by atoms with Crippen molar-refractivity contribution in [2.45, 2.75) is 32.7 Å². The highest BCUT2D eigenvalue weighted by Gasteiger charge is 2.30.